The molecule has 0 saturated carbocycles. The summed E-state index contributed by atoms with van der Waals surface area (Å²) in [5.41, 5.74) is 8.55. The molecule has 0 spiro atoms. The summed E-state index contributed by atoms with van der Waals surface area (Å²) in [6, 6.07) is 6.14. The molecule has 1 aromatic carbocycles. The zero-order chi connectivity index (χ0) is 14.3. The highest BCUT2D eigenvalue weighted by atomic mass is 16.3. The van der Waals surface area contributed by atoms with Crippen molar-refractivity contribution in [1.29, 1.82) is 0 Å². The SMILES string of the molecule is Cc1c(C(=O)N2CCCC2CN)oc2c(C)cccc12. The Balaban J connectivity index is 2.04. The smallest absolute Gasteiger partial charge is 0.290 e. The molecule has 0 aliphatic carbocycles. The topological polar surface area (TPSA) is 59.5 Å². The van der Waals surface area contributed by atoms with Crippen LogP contribution in [0.3, 0.4) is 0 Å². The van der Waals surface area contributed by atoms with Gasteiger partial charge in [0, 0.05) is 30.1 Å². The zero-order valence-corrected chi connectivity index (χ0v) is 12.0. The highest BCUT2D eigenvalue weighted by Crippen LogP contribution is 2.30. The first kappa shape index (κ1) is 13.2. The van der Waals surface area contributed by atoms with E-state index < -0.39 is 0 Å². The quantitative estimate of drug-likeness (QED) is 0.914. The van der Waals surface area contributed by atoms with Crippen LogP contribution in [0.2, 0.25) is 0 Å². The van der Waals surface area contributed by atoms with Gasteiger partial charge in [-0.3, -0.25) is 4.79 Å². The van der Waals surface area contributed by atoms with Crippen LogP contribution >= 0.6 is 0 Å². The summed E-state index contributed by atoms with van der Waals surface area (Å²) in [5.74, 6) is 0.445. The summed E-state index contributed by atoms with van der Waals surface area (Å²) in [4.78, 5) is 14.6. The van der Waals surface area contributed by atoms with Crippen molar-refractivity contribution in [1.82, 2.24) is 4.90 Å². The van der Waals surface area contributed by atoms with E-state index in [1.54, 1.807) is 0 Å². The Kier molecular flexibility index (Phi) is 3.26. The highest BCUT2D eigenvalue weighted by molar-refractivity contribution is 5.99. The molecule has 106 valence electrons. The minimum Gasteiger partial charge on any atom is -0.450 e. The predicted molar refractivity (Wildman–Crippen MR) is 78.8 cm³/mol. The van der Waals surface area contributed by atoms with Crippen molar-refractivity contribution in [3.8, 4) is 0 Å². The van der Waals surface area contributed by atoms with E-state index in [-0.39, 0.29) is 11.9 Å². The molecule has 1 aliphatic rings. The normalized spacial score (nSPS) is 18.9. The molecule has 0 bridgehead atoms. The third-order valence-corrected chi connectivity index (χ3v) is 4.26. The van der Waals surface area contributed by atoms with Gasteiger partial charge in [-0.05, 0) is 32.3 Å². The minimum atomic E-state index is -0.0222. The molecule has 1 aliphatic heterocycles. The minimum absolute atomic E-state index is 0.0222. The Bertz CT molecular complexity index is 660. The van der Waals surface area contributed by atoms with Crippen molar-refractivity contribution in [2.24, 2.45) is 5.73 Å². The van der Waals surface area contributed by atoms with Gasteiger partial charge in [0.1, 0.15) is 5.58 Å². The monoisotopic (exact) mass is 272 g/mol. The number of carbonyl (C=O) groups is 1. The third kappa shape index (κ3) is 1.91. The summed E-state index contributed by atoms with van der Waals surface area (Å²) in [6.07, 6.45) is 2.01. The number of aryl methyl sites for hydroxylation is 2. The molecule has 1 amide bonds. The van der Waals surface area contributed by atoms with E-state index in [9.17, 15) is 4.79 Å². The highest BCUT2D eigenvalue weighted by Gasteiger charge is 2.31. The number of benzene rings is 1. The predicted octanol–water partition coefficient (Wildman–Crippen LogP) is 2.61. The van der Waals surface area contributed by atoms with Crippen molar-refractivity contribution in [3.63, 3.8) is 0 Å². The second kappa shape index (κ2) is 4.94. The van der Waals surface area contributed by atoms with Gasteiger partial charge in [0.05, 0.1) is 0 Å². The summed E-state index contributed by atoms with van der Waals surface area (Å²) < 4.78 is 5.86. The van der Waals surface area contributed by atoms with E-state index in [4.69, 9.17) is 10.2 Å². The number of hydrogen-bond acceptors (Lipinski definition) is 3. The average Bonchev–Trinajstić information content (AvgIpc) is 3.04. The maximum atomic E-state index is 12.7. The number of carbonyl (C=O) groups excluding carboxylic acids is 1. The summed E-state index contributed by atoms with van der Waals surface area (Å²) in [6.45, 7) is 5.24. The number of furan rings is 1. The molecular formula is C16H20N2O2. The molecule has 4 nitrogen and oxygen atoms in total. The van der Waals surface area contributed by atoms with Gasteiger partial charge in [0.2, 0.25) is 0 Å². The first-order valence-corrected chi connectivity index (χ1v) is 7.13. The molecule has 20 heavy (non-hydrogen) atoms. The van der Waals surface area contributed by atoms with Crippen molar-refractivity contribution < 1.29 is 9.21 Å². The molecule has 2 heterocycles. The number of rotatable bonds is 2. The molecule has 3 rings (SSSR count). The van der Waals surface area contributed by atoms with Crippen LogP contribution in [0.15, 0.2) is 22.6 Å². The van der Waals surface area contributed by atoms with Crippen LogP contribution in [-0.4, -0.2) is 29.9 Å². The maximum Gasteiger partial charge on any atom is 0.290 e. The molecule has 4 heteroatoms. The zero-order valence-electron chi connectivity index (χ0n) is 12.0. The fraction of sp³-hybridized carbons (Fsp3) is 0.438. The van der Waals surface area contributed by atoms with E-state index >= 15 is 0 Å². The number of para-hydroxylation sites is 1. The first-order chi connectivity index (χ1) is 9.63. The van der Waals surface area contributed by atoms with E-state index in [2.05, 4.69) is 0 Å². The van der Waals surface area contributed by atoms with Gasteiger partial charge in [0.25, 0.3) is 5.91 Å². The number of hydrogen-bond donors (Lipinski definition) is 1. The van der Waals surface area contributed by atoms with Crippen LogP contribution in [0.5, 0.6) is 0 Å². The van der Waals surface area contributed by atoms with Crippen LogP contribution in [0.25, 0.3) is 11.0 Å². The van der Waals surface area contributed by atoms with Crippen LogP contribution in [-0.2, 0) is 0 Å². The van der Waals surface area contributed by atoms with Crippen molar-refractivity contribution in [2.75, 3.05) is 13.1 Å². The molecule has 2 aromatic rings. The van der Waals surface area contributed by atoms with E-state index in [1.165, 1.54) is 0 Å². The molecule has 1 unspecified atom stereocenters. The largest absolute Gasteiger partial charge is 0.450 e. The second-order valence-electron chi connectivity index (χ2n) is 5.54. The van der Waals surface area contributed by atoms with Gasteiger partial charge >= 0.3 is 0 Å². The fourth-order valence-corrected chi connectivity index (χ4v) is 3.07. The third-order valence-electron chi connectivity index (χ3n) is 4.26. The lowest BCUT2D eigenvalue weighted by atomic mass is 10.1. The lowest BCUT2D eigenvalue weighted by molar-refractivity contribution is 0.0710. The molecular weight excluding hydrogens is 252 g/mol. The van der Waals surface area contributed by atoms with Crippen LogP contribution in [0, 0.1) is 13.8 Å². The van der Waals surface area contributed by atoms with E-state index in [0.717, 1.165) is 41.5 Å². The Morgan fingerprint density at radius 3 is 2.95 bits per heavy atom. The molecule has 1 saturated heterocycles. The average molecular weight is 272 g/mol. The fourth-order valence-electron chi connectivity index (χ4n) is 3.07. The van der Waals surface area contributed by atoms with Gasteiger partial charge in [0.15, 0.2) is 5.76 Å². The number of likely N-dealkylation sites (tertiary alicyclic amines) is 1. The lowest BCUT2D eigenvalue weighted by Crippen LogP contribution is -2.40. The summed E-state index contributed by atoms with van der Waals surface area (Å²) >= 11 is 0. The molecule has 2 N–H and O–H groups in total. The number of fused-ring (bicyclic) bond motifs is 1. The number of nitrogens with zero attached hydrogens (tertiary/aromatic N) is 1. The molecule has 1 atom stereocenters. The van der Waals surface area contributed by atoms with Gasteiger partial charge in [-0.1, -0.05) is 18.2 Å². The second-order valence-corrected chi connectivity index (χ2v) is 5.54. The molecule has 1 fully saturated rings. The Hall–Kier alpha value is -1.81. The van der Waals surface area contributed by atoms with Crippen LogP contribution in [0.4, 0.5) is 0 Å². The van der Waals surface area contributed by atoms with Gasteiger partial charge in [-0.2, -0.15) is 0 Å². The Morgan fingerprint density at radius 1 is 1.45 bits per heavy atom. The van der Waals surface area contributed by atoms with Gasteiger partial charge < -0.3 is 15.1 Å². The summed E-state index contributed by atoms with van der Waals surface area (Å²) in [7, 11) is 0. The van der Waals surface area contributed by atoms with Gasteiger partial charge in [-0.15, -0.1) is 0 Å². The first-order valence-electron chi connectivity index (χ1n) is 7.13. The Labute approximate surface area is 118 Å². The number of nitrogens with two attached hydrogens (primary N) is 1. The summed E-state index contributed by atoms with van der Waals surface area (Å²) in [5, 5.41) is 1.02. The number of amides is 1. The molecule has 1 aromatic heterocycles. The van der Waals surface area contributed by atoms with E-state index in [0.29, 0.717) is 12.3 Å². The Morgan fingerprint density at radius 2 is 2.25 bits per heavy atom. The van der Waals surface area contributed by atoms with E-state index in [1.807, 2.05) is 36.9 Å². The lowest BCUT2D eigenvalue weighted by Gasteiger charge is -2.22. The van der Waals surface area contributed by atoms with Crippen molar-refractivity contribution >= 4 is 16.9 Å². The van der Waals surface area contributed by atoms with Crippen molar-refractivity contribution in [3.05, 3.63) is 35.1 Å². The van der Waals surface area contributed by atoms with Crippen LogP contribution < -0.4 is 5.73 Å². The van der Waals surface area contributed by atoms with Crippen LogP contribution in [0.1, 0.15) is 34.5 Å². The maximum absolute atomic E-state index is 12.7. The molecule has 0 radical (unpaired) electrons. The van der Waals surface area contributed by atoms with Crippen molar-refractivity contribution in [2.45, 2.75) is 32.7 Å². The van der Waals surface area contributed by atoms with Gasteiger partial charge in [-0.25, -0.2) is 0 Å². The standard InChI is InChI=1S/C16H20N2O2/c1-10-5-3-7-13-11(2)15(20-14(10)13)16(19)18-8-4-6-12(18)9-17/h3,5,7,12H,4,6,8-9,17H2,1-2H3.